The van der Waals surface area contributed by atoms with Crippen LogP contribution in [0.15, 0.2) is 0 Å². The molecule has 12 heteroatoms. The molecule has 0 aromatic carbocycles. The van der Waals surface area contributed by atoms with Crippen LogP contribution in [0.5, 0.6) is 0 Å². The lowest BCUT2D eigenvalue weighted by Gasteiger charge is -2.18. The fourth-order valence-electron chi connectivity index (χ4n) is 2.19. The molecular weight excluding hydrogens is 346 g/mol. The van der Waals surface area contributed by atoms with E-state index in [2.05, 4.69) is 5.32 Å². The van der Waals surface area contributed by atoms with Crippen LogP contribution in [0.3, 0.4) is 0 Å². The van der Waals surface area contributed by atoms with Crippen molar-refractivity contribution in [2.45, 2.75) is 37.3 Å². The summed E-state index contributed by atoms with van der Waals surface area (Å²) in [6.07, 6.45) is -9.16. The molecule has 0 unspecified atom stereocenters. The Hall–Kier alpha value is -1.56. The first-order valence-electron chi connectivity index (χ1n) is 7.11. The number of nitrogens with zero attached hydrogens (tertiary/aromatic N) is 1. The average Bonchev–Trinajstić information content (AvgIpc) is 3.08. The first-order chi connectivity index (χ1) is 10.9. The van der Waals surface area contributed by atoms with E-state index in [-0.39, 0.29) is 13.0 Å². The summed E-state index contributed by atoms with van der Waals surface area (Å²) in [5, 5.41) is 4.68. The molecule has 0 spiro atoms. The molecule has 24 heavy (non-hydrogen) atoms. The maximum absolute atomic E-state index is 12.0. The predicted molar refractivity (Wildman–Crippen MR) is 70.7 cm³/mol. The summed E-state index contributed by atoms with van der Waals surface area (Å²) in [4.78, 5) is 21.7. The maximum Gasteiger partial charge on any atom is 0.471 e. The number of rotatable bonds is 1. The largest absolute Gasteiger partial charge is 0.471 e. The van der Waals surface area contributed by atoms with Crippen molar-refractivity contribution in [3.63, 3.8) is 0 Å². The van der Waals surface area contributed by atoms with Crippen LogP contribution < -0.4 is 16.4 Å². The van der Waals surface area contributed by atoms with E-state index >= 15 is 0 Å². The third kappa shape index (κ3) is 6.51. The van der Waals surface area contributed by atoms with Crippen LogP contribution in [0.2, 0.25) is 0 Å². The lowest BCUT2D eigenvalue weighted by Crippen LogP contribution is -2.46. The number of hydrogen-bond donors (Lipinski definition) is 3. The molecule has 6 nitrogen and oxygen atoms in total. The predicted octanol–water partition coefficient (Wildman–Crippen LogP) is 0.135. The number of carbonyl (C=O) groups is 2. The van der Waals surface area contributed by atoms with Gasteiger partial charge in [0.25, 0.3) is 0 Å². The molecule has 2 fully saturated rings. The summed E-state index contributed by atoms with van der Waals surface area (Å²) in [6.45, 7) is 1.20. The van der Waals surface area contributed by atoms with Gasteiger partial charge in [0.05, 0.1) is 0 Å². The van der Waals surface area contributed by atoms with E-state index < -0.39 is 36.8 Å². The van der Waals surface area contributed by atoms with Gasteiger partial charge in [-0.3, -0.25) is 9.59 Å². The van der Waals surface area contributed by atoms with Crippen LogP contribution >= 0.6 is 0 Å². The summed E-state index contributed by atoms with van der Waals surface area (Å²) in [5.74, 6) is -4.35. The van der Waals surface area contributed by atoms with Gasteiger partial charge >= 0.3 is 24.2 Å². The van der Waals surface area contributed by atoms with Gasteiger partial charge < -0.3 is 21.3 Å². The molecule has 2 aliphatic rings. The Morgan fingerprint density at radius 2 is 1.71 bits per heavy atom. The second-order valence-electron chi connectivity index (χ2n) is 5.46. The van der Waals surface area contributed by atoms with Crippen LogP contribution in [0.4, 0.5) is 26.3 Å². The third-order valence-electron chi connectivity index (χ3n) is 3.41. The molecule has 0 aliphatic carbocycles. The molecule has 2 rings (SSSR count). The summed E-state index contributed by atoms with van der Waals surface area (Å²) >= 11 is 0. The number of nitrogens with two attached hydrogens (primary N) is 1. The van der Waals surface area contributed by atoms with Gasteiger partial charge in [0, 0.05) is 31.7 Å². The van der Waals surface area contributed by atoms with Gasteiger partial charge in [0.15, 0.2) is 0 Å². The highest BCUT2D eigenvalue weighted by molar-refractivity contribution is 5.83. The van der Waals surface area contributed by atoms with Crippen LogP contribution in [0.25, 0.3) is 0 Å². The summed E-state index contributed by atoms with van der Waals surface area (Å²) in [7, 11) is 0. The van der Waals surface area contributed by atoms with Crippen molar-refractivity contribution in [2.75, 3.05) is 26.2 Å². The Morgan fingerprint density at radius 1 is 1.08 bits per heavy atom. The molecule has 0 aromatic heterocycles. The van der Waals surface area contributed by atoms with Gasteiger partial charge in [0.2, 0.25) is 0 Å². The van der Waals surface area contributed by atoms with E-state index in [1.54, 1.807) is 0 Å². The Balaban J connectivity index is 0.000000400. The quantitative estimate of drug-likeness (QED) is 0.578. The molecule has 2 heterocycles. The Bertz CT molecular complexity index is 448. The number of likely N-dealkylation sites (tertiary alicyclic amines) is 1. The smallest absolute Gasteiger partial charge is 0.344 e. The van der Waals surface area contributed by atoms with Crippen molar-refractivity contribution in [2.24, 2.45) is 5.73 Å². The number of hydrogen-bond acceptors (Lipinski definition) is 4. The third-order valence-corrected chi connectivity index (χ3v) is 3.41. The lowest BCUT2D eigenvalue weighted by molar-refractivity contribution is -0.184. The zero-order chi connectivity index (χ0) is 18.5. The molecule has 2 aliphatic heterocycles. The van der Waals surface area contributed by atoms with E-state index in [1.807, 2.05) is 0 Å². The van der Waals surface area contributed by atoms with Crippen LogP contribution in [-0.4, -0.2) is 67.3 Å². The van der Waals surface area contributed by atoms with Gasteiger partial charge in [-0.2, -0.15) is 26.3 Å². The topological polar surface area (TPSA) is 87.5 Å². The van der Waals surface area contributed by atoms with Crippen molar-refractivity contribution in [3.05, 3.63) is 0 Å². The number of halogens is 6. The molecule has 2 amide bonds. The van der Waals surface area contributed by atoms with Gasteiger partial charge in [-0.25, -0.2) is 0 Å². The number of carbonyl (C=O) groups excluding carboxylic acids is 2. The minimum absolute atomic E-state index is 0.149. The van der Waals surface area contributed by atoms with E-state index in [0.717, 1.165) is 19.5 Å². The summed E-state index contributed by atoms with van der Waals surface area (Å²) in [6, 6.07) is -0.685. The fraction of sp³-hybridized carbons (Fsp3) is 0.833. The van der Waals surface area contributed by atoms with Crippen molar-refractivity contribution in [3.8, 4) is 0 Å². The van der Waals surface area contributed by atoms with Gasteiger partial charge in [-0.1, -0.05) is 0 Å². The minimum Gasteiger partial charge on any atom is -0.344 e. The Kier molecular flexibility index (Phi) is 6.84. The standard InChI is InChI=1S/C8H8F6N2O2.C4H10N2/c9-7(10,11)5(17)15-4-1-2-16(3-4)6(18)8(12,13)14;5-4-1-2-6-3-4/h4H,1-3H2,(H,15,17);4,6H,1-3,5H2/t2*4-/m11/s1. The van der Waals surface area contributed by atoms with E-state index in [4.69, 9.17) is 5.73 Å². The Morgan fingerprint density at radius 3 is 2.08 bits per heavy atom. The number of amides is 2. The fourth-order valence-corrected chi connectivity index (χ4v) is 2.19. The molecule has 0 saturated carbocycles. The molecule has 2 saturated heterocycles. The van der Waals surface area contributed by atoms with E-state index in [0.29, 0.717) is 10.9 Å². The second-order valence-corrected chi connectivity index (χ2v) is 5.46. The Labute approximate surface area is 133 Å². The number of nitrogens with one attached hydrogen (secondary N) is 2. The van der Waals surface area contributed by atoms with Crippen LogP contribution in [0.1, 0.15) is 12.8 Å². The van der Waals surface area contributed by atoms with Crippen LogP contribution in [-0.2, 0) is 9.59 Å². The van der Waals surface area contributed by atoms with E-state index in [9.17, 15) is 35.9 Å². The molecule has 0 bridgehead atoms. The first kappa shape index (κ1) is 20.5. The highest BCUT2D eigenvalue weighted by Gasteiger charge is 2.46. The zero-order valence-electron chi connectivity index (χ0n) is 12.5. The molecule has 0 radical (unpaired) electrons. The lowest BCUT2D eigenvalue weighted by atomic mass is 10.2. The van der Waals surface area contributed by atoms with Crippen molar-refractivity contribution < 1.29 is 35.9 Å². The van der Waals surface area contributed by atoms with Crippen molar-refractivity contribution in [1.29, 1.82) is 0 Å². The molecule has 140 valence electrons. The molecule has 0 aromatic rings. The summed E-state index contributed by atoms with van der Waals surface area (Å²) in [5.41, 5.74) is 5.47. The molecule has 4 N–H and O–H groups in total. The zero-order valence-corrected chi connectivity index (χ0v) is 12.5. The van der Waals surface area contributed by atoms with Gasteiger partial charge in [-0.15, -0.1) is 0 Å². The van der Waals surface area contributed by atoms with Gasteiger partial charge in [0.1, 0.15) is 0 Å². The monoisotopic (exact) mass is 364 g/mol. The van der Waals surface area contributed by atoms with Crippen molar-refractivity contribution >= 4 is 11.8 Å². The number of alkyl halides is 6. The second kappa shape index (κ2) is 8.01. The average molecular weight is 364 g/mol. The van der Waals surface area contributed by atoms with Gasteiger partial charge in [-0.05, 0) is 19.4 Å². The molecular formula is C12H18F6N4O2. The highest BCUT2D eigenvalue weighted by Crippen LogP contribution is 2.22. The summed E-state index contributed by atoms with van der Waals surface area (Å²) < 4.78 is 71.7. The maximum atomic E-state index is 12.0. The van der Waals surface area contributed by atoms with E-state index in [1.165, 1.54) is 5.32 Å². The SMILES string of the molecule is N[C@@H]1CCNC1.O=C(N[C@@H]1CCN(C(=O)C(F)(F)F)C1)C(F)(F)F. The van der Waals surface area contributed by atoms with Crippen molar-refractivity contribution in [1.82, 2.24) is 15.5 Å². The van der Waals surface area contributed by atoms with Crippen LogP contribution in [0, 0.1) is 0 Å². The first-order valence-corrected chi connectivity index (χ1v) is 7.11. The molecule has 2 atom stereocenters. The minimum atomic E-state index is -5.10. The highest BCUT2D eigenvalue weighted by atomic mass is 19.4. The normalized spacial score (nSPS) is 24.4.